The Morgan fingerprint density at radius 2 is 1.77 bits per heavy atom. The monoisotopic (exact) mass is 301 g/mol. The van der Waals surface area contributed by atoms with Gasteiger partial charge in [-0.05, 0) is 55.2 Å². The smallest absolute Gasteiger partial charge is 0.254 e. The van der Waals surface area contributed by atoms with E-state index >= 15 is 0 Å². The second-order valence-corrected chi connectivity index (χ2v) is 5.67. The summed E-state index contributed by atoms with van der Waals surface area (Å²) >= 11 is 0. The van der Waals surface area contributed by atoms with Crippen LogP contribution in [0.15, 0.2) is 42.5 Å². The zero-order valence-corrected chi connectivity index (χ0v) is 12.4. The van der Waals surface area contributed by atoms with Crippen LogP contribution in [0.3, 0.4) is 0 Å². The zero-order chi connectivity index (χ0) is 15.7. The molecule has 114 valence electrons. The molecular formula is C18H17F2NO. The van der Waals surface area contributed by atoms with Crippen molar-refractivity contribution in [3.63, 3.8) is 0 Å². The van der Waals surface area contributed by atoms with Crippen LogP contribution in [0, 0.1) is 18.6 Å². The van der Waals surface area contributed by atoms with Gasteiger partial charge in [0.2, 0.25) is 0 Å². The molecule has 0 N–H and O–H groups in total. The van der Waals surface area contributed by atoms with Crippen molar-refractivity contribution in [1.29, 1.82) is 0 Å². The maximum atomic E-state index is 13.4. The predicted octanol–water partition coefficient (Wildman–Crippen LogP) is 4.25. The van der Waals surface area contributed by atoms with E-state index < -0.39 is 5.82 Å². The van der Waals surface area contributed by atoms with Crippen molar-refractivity contribution in [2.45, 2.75) is 25.8 Å². The number of nitrogens with zero attached hydrogens (tertiary/aromatic N) is 1. The predicted molar refractivity (Wildman–Crippen MR) is 80.5 cm³/mol. The van der Waals surface area contributed by atoms with Crippen LogP contribution in [0.2, 0.25) is 0 Å². The second-order valence-electron chi connectivity index (χ2n) is 5.67. The highest BCUT2D eigenvalue weighted by atomic mass is 19.1. The largest absolute Gasteiger partial charge is 0.332 e. The van der Waals surface area contributed by atoms with Crippen molar-refractivity contribution in [2.24, 2.45) is 0 Å². The van der Waals surface area contributed by atoms with Gasteiger partial charge in [-0.25, -0.2) is 8.78 Å². The van der Waals surface area contributed by atoms with Crippen molar-refractivity contribution >= 4 is 5.91 Å². The average molecular weight is 301 g/mol. The Labute approximate surface area is 128 Å². The standard InChI is InChI=1S/C18H17F2NO/c1-12-4-7-15(20)11-16(12)18(22)21-10-2-3-17(21)13-5-8-14(19)9-6-13/h4-9,11,17H,2-3,10H2,1H3. The van der Waals surface area contributed by atoms with E-state index in [0.717, 1.165) is 24.0 Å². The van der Waals surface area contributed by atoms with Crippen molar-refractivity contribution in [3.8, 4) is 0 Å². The van der Waals surface area contributed by atoms with Gasteiger partial charge in [0.05, 0.1) is 6.04 Å². The molecule has 1 unspecified atom stereocenters. The molecule has 0 spiro atoms. The van der Waals surface area contributed by atoms with Gasteiger partial charge in [0.15, 0.2) is 0 Å². The van der Waals surface area contributed by atoms with Crippen LogP contribution in [-0.2, 0) is 0 Å². The van der Waals surface area contributed by atoms with Crippen LogP contribution in [0.4, 0.5) is 8.78 Å². The van der Waals surface area contributed by atoms with E-state index in [-0.39, 0.29) is 17.8 Å². The zero-order valence-electron chi connectivity index (χ0n) is 12.4. The molecule has 1 heterocycles. The summed E-state index contributed by atoms with van der Waals surface area (Å²) in [6.45, 7) is 2.44. The van der Waals surface area contributed by atoms with Crippen LogP contribution in [0.5, 0.6) is 0 Å². The van der Waals surface area contributed by atoms with Gasteiger partial charge in [-0.2, -0.15) is 0 Å². The number of likely N-dealkylation sites (tertiary alicyclic amines) is 1. The van der Waals surface area contributed by atoms with Gasteiger partial charge >= 0.3 is 0 Å². The normalized spacial score (nSPS) is 17.8. The fourth-order valence-corrected chi connectivity index (χ4v) is 3.02. The number of carbonyl (C=O) groups is 1. The summed E-state index contributed by atoms with van der Waals surface area (Å²) in [5.41, 5.74) is 2.08. The molecule has 1 fully saturated rings. The number of benzene rings is 2. The fraction of sp³-hybridized carbons (Fsp3) is 0.278. The summed E-state index contributed by atoms with van der Waals surface area (Å²) in [4.78, 5) is 14.5. The summed E-state index contributed by atoms with van der Waals surface area (Å²) in [5, 5.41) is 0. The molecule has 0 radical (unpaired) electrons. The minimum absolute atomic E-state index is 0.0734. The number of halogens is 2. The Kier molecular flexibility index (Phi) is 3.92. The van der Waals surface area contributed by atoms with Gasteiger partial charge < -0.3 is 4.90 Å². The third kappa shape index (κ3) is 2.73. The number of rotatable bonds is 2. The molecule has 1 aliphatic heterocycles. The summed E-state index contributed by atoms with van der Waals surface area (Å²) in [5.74, 6) is -0.865. The SMILES string of the molecule is Cc1ccc(F)cc1C(=O)N1CCCC1c1ccc(F)cc1. The molecule has 1 aliphatic rings. The van der Waals surface area contributed by atoms with Crippen LogP contribution in [0.25, 0.3) is 0 Å². The van der Waals surface area contributed by atoms with Crippen molar-refractivity contribution in [1.82, 2.24) is 4.90 Å². The highest BCUT2D eigenvalue weighted by molar-refractivity contribution is 5.96. The lowest BCUT2D eigenvalue weighted by molar-refractivity contribution is 0.0734. The molecule has 2 aromatic carbocycles. The Hall–Kier alpha value is -2.23. The van der Waals surface area contributed by atoms with E-state index in [2.05, 4.69) is 0 Å². The minimum Gasteiger partial charge on any atom is -0.332 e. The van der Waals surface area contributed by atoms with Gasteiger partial charge in [-0.3, -0.25) is 4.79 Å². The molecule has 1 saturated heterocycles. The van der Waals surface area contributed by atoms with Crippen LogP contribution >= 0.6 is 0 Å². The highest BCUT2D eigenvalue weighted by Crippen LogP contribution is 2.33. The minimum atomic E-state index is -0.411. The first-order valence-corrected chi connectivity index (χ1v) is 7.39. The van der Waals surface area contributed by atoms with E-state index in [0.29, 0.717) is 12.1 Å². The fourth-order valence-electron chi connectivity index (χ4n) is 3.02. The highest BCUT2D eigenvalue weighted by Gasteiger charge is 2.31. The second kappa shape index (κ2) is 5.87. The Balaban J connectivity index is 1.91. The topological polar surface area (TPSA) is 20.3 Å². The molecule has 0 aromatic heterocycles. The molecule has 2 nitrogen and oxygen atoms in total. The maximum Gasteiger partial charge on any atom is 0.254 e. The Morgan fingerprint density at radius 3 is 2.50 bits per heavy atom. The summed E-state index contributed by atoms with van der Waals surface area (Å²) in [7, 11) is 0. The number of carbonyl (C=O) groups excluding carboxylic acids is 1. The third-order valence-electron chi connectivity index (χ3n) is 4.20. The van der Waals surface area contributed by atoms with Gasteiger partial charge in [0.1, 0.15) is 11.6 Å². The molecular weight excluding hydrogens is 284 g/mol. The van der Waals surface area contributed by atoms with Crippen molar-refractivity contribution in [3.05, 3.63) is 70.8 Å². The lowest BCUT2D eigenvalue weighted by atomic mass is 10.0. The third-order valence-corrected chi connectivity index (χ3v) is 4.20. The number of hydrogen-bond acceptors (Lipinski definition) is 1. The molecule has 22 heavy (non-hydrogen) atoms. The first-order chi connectivity index (χ1) is 10.6. The molecule has 1 amide bonds. The van der Waals surface area contributed by atoms with Gasteiger partial charge in [0, 0.05) is 12.1 Å². The quantitative estimate of drug-likeness (QED) is 0.812. The molecule has 2 aromatic rings. The van der Waals surface area contributed by atoms with E-state index in [1.165, 1.54) is 24.3 Å². The molecule has 0 saturated carbocycles. The van der Waals surface area contributed by atoms with Crippen molar-refractivity contribution in [2.75, 3.05) is 6.54 Å². The molecule has 1 atom stereocenters. The Morgan fingerprint density at radius 1 is 1.09 bits per heavy atom. The number of aryl methyl sites for hydroxylation is 1. The van der Waals surface area contributed by atoms with E-state index in [9.17, 15) is 13.6 Å². The molecule has 4 heteroatoms. The van der Waals surface area contributed by atoms with Crippen LogP contribution in [-0.4, -0.2) is 17.4 Å². The van der Waals surface area contributed by atoms with Crippen molar-refractivity contribution < 1.29 is 13.6 Å². The van der Waals surface area contributed by atoms with E-state index in [4.69, 9.17) is 0 Å². The number of hydrogen-bond donors (Lipinski definition) is 0. The lowest BCUT2D eigenvalue weighted by Gasteiger charge is -2.26. The summed E-state index contributed by atoms with van der Waals surface area (Å²) in [6, 6.07) is 10.4. The van der Waals surface area contributed by atoms with Gasteiger partial charge in [-0.15, -0.1) is 0 Å². The average Bonchev–Trinajstić information content (AvgIpc) is 2.99. The summed E-state index contributed by atoms with van der Waals surface area (Å²) in [6.07, 6.45) is 1.73. The first kappa shape index (κ1) is 14.7. The molecule has 0 bridgehead atoms. The Bertz CT molecular complexity index is 697. The lowest BCUT2D eigenvalue weighted by Crippen LogP contribution is -2.31. The molecule has 3 rings (SSSR count). The first-order valence-electron chi connectivity index (χ1n) is 7.39. The van der Waals surface area contributed by atoms with Gasteiger partial charge in [0.25, 0.3) is 5.91 Å². The van der Waals surface area contributed by atoms with Crippen LogP contribution in [0.1, 0.15) is 40.4 Å². The number of amides is 1. The van der Waals surface area contributed by atoms with Crippen LogP contribution < -0.4 is 0 Å². The summed E-state index contributed by atoms with van der Waals surface area (Å²) < 4.78 is 26.5. The van der Waals surface area contributed by atoms with E-state index in [1.807, 2.05) is 0 Å². The van der Waals surface area contributed by atoms with Gasteiger partial charge in [-0.1, -0.05) is 18.2 Å². The molecule has 0 aliphatic carbocycles. The van der Waals surface area contributed by atoms with E-state index in [1.54, 1.807) is 30.0 Å². The maximum absolute atomic E-state index is 13.4.